The lowest BCUT2D eigenvalue weighted by Gasteiger charge is -2.10. The molecule has 1 aliphatic rings. The largest absolute Gasteiger partial charge is 0.449 e. The summed E-state index contributed by atoms with van der Waals surface area (Å²) >= 11 is 0. The van der Waals surface area contributed by atoms with Crippen molar-refractivity contribution in [3.63, 3.8) is 0 Å². The van der Waals surface area contributed by atoms with E-state index in [1.807, 2.05) is 37.3 Å². The lowest BCUT2D eigenvalue weighted by atomic mass is 10.1. The first-order valence-electron chi connectivity index (χ1n) is 7.40. The van der Waals surface area contributed by atoms with E-state index in [0.717, 1.165) is 23.1 Å². The summed E-state index contributed by atoms with van der Waals surface area (Å²) in [5.41, 5.74) is 4.23. The highest BCUT2D eigenvalue weighted by molar-refractivity contribution is 7.82. The van der Waals surface area contributed by atoms with Crippen LogP contribution in [0.25, 0.3) is 11.1 Å². The molecule has 3 rings (SSSR count). The minimum Gasteiger partial charge on any atom is -0.361 e. The summed E-state index contributed by atoms with van der Waals surface area (Å²) in [6.07, 6.45) is 2.22. The highest BCUT2D eigenvalue weighted by Crippen LogP contribution is 2.41. The van der Waals surface area contributed by atoms with Crippen LogP contribution in [0.15, 0.2) is 42.5 Å². The maximum absolute atomic E-state index is 11.9. The first kappa shape index (κ1) is 15.1. The van der Waals surface area contributed by atoms with Gasteiger partial charge in [-0.15, -0.1) is 0 Å². The van der Waals surface area contributed by atoms with Crippen molar-refractivity contribution in [2.75, 3.05) is 6.61 Å². The third kappa shape index (κ3) is 3.00. The molecule has 0 atom stereocenters. The van der Waals surface area contributed by atoms with E-state index in [1.54, 1.807) is 12.1 Å². The zero-order chi connectivity index (χ0) is 15.6. The molecule has 0 radical (unpaired) electrons. The highest BCUT2D eigenvalue weighted by Gasteiger charge is 2.24. The van der Waals surface area contributed by atoms with Crippen LogP contribution >= 0.6 is 0 Å². The van der Waals surface area contributed by atoms with Crippen LogP contribution in [0.1, 0.15) is 30.9 Å². The van der Waals surface area contributed by atoms with Gasteiger partial charge in [0.25, 0.3) is 0 Å². The summed E-state index contributed by atoms with van der Waals surface area (Å²) < 4.78 is 33.8. The van der Waals surface area contributed by atoms with Gasteiger partial charge in [0, 0.05) is 12.0 Å². The number of hydrogen-bond donors (Lipinski definition) is 0. The Morgan fingerprint density at radius 2 is 1.82 bits per heavy atom. The smallest absolute Gasteiger partial charge is 0.361 e. The summed E-state index contributed by atoms with van der Waals surface area (Å²) in [5.74, 6) is 0.352. The maximum Gasteiger partial charge on any atom is 0.449 e. The first-order valence-corrected chi connectivity index (χ1v) is 8.73. The van der Waals surface area contributed by atoms with Crippen molar-refractivity contribution in [3.05, 3.63) is 53.6 Å². The van der Waals surface area contributed by atoms with E-state index in [2.05, 4.69) is 0 Å². The predicted octanol–water partition coefficient (Wildman–Crippen LogP) is 3.70. The van der Waals surface area contributed by atoms with Gasteiger partial charge in [0.05, 0.1) is 6.61 Å². The van der Waals surface area contributed by atoms with Crippen molar-refractivity contribution < 1.29 is 16.8 Å². The molecule has 0 aromatic heterocycles. The monoisotopic (exact) mass is 318 g/mol. The number of unbranched alkanes of at least 4 members (excludes halogenated alkanes) is 1. The van der Waals surface area contributed by atoms with E-state index in [-0.39, 0.29) is 6.61 Å². The third-order valence-electron chi connectivity index (χ3n) is 3.73. The zero-order valence-corrected chi connectivity index (χ0v) is 13.2. The van der Waals surface area contributed by atoms with Crippen LogP contribution in [0.5, 0.6) is 5.75 Å². The van der Waals surface area contributed by atoms with E-state index in [1.165, 1.54) is 5.56 Å². The molecular formula is C17H18O4S. The molecule has 5 heteroatoms. The molecule has 1 aliphatic carbocycles. The molecule has 0 amide bonds. The fourth-order valence-electron chi connectivity index (χ4n) is 2.65. The number of hydrogen-bond acceptors (Lipinski definition) is 4. The highest BCUT2D eigenvalue weighted by atomic mass is 32.3. The molecule has 0 bridgehead atoms. The summed E-state index contributed by atoms with van der Waals surface area (Å²) in [7, 11) is -4.02. The van der Waals surface area contributed by atoms with Crippen molar-refractivity contribution in [3.8, 4) is 16.9 Å². The lowest BCUT2D eigenvalue weighted by Crippen LogP contribution is -2.14. The third-order valence-corrected chi connectivity index (χ3v) is 4.56. The molecule has 22 heavy (non-hydrogen) atoms. The van der Waals surface area contributed by atoms with Gasteiger partial charge in [-0.25, -0.2) is 4.18 Å². The van der Waals surface area contributed by atoms with Crippen molar-refractivity contribution in [2.24, 2.45) is 0 Å². The summed E-state index contributed by atoms with van der Waals surface area (Å²) in [6, 6.07) is 13.5. The lowest BCUT2D eigenvalue weighted by molar-refractivity contribution is 0.268. The van der Waals surface area contributed by atoms with Crippen LogP contribution in [-0.4, -0.2) is 15.0 Å². The molecule has 0 fully saturated rings. The maximum atomic E-state index is 11.9. The van der Waals surface area contributed by atoms with E-state index in [4.69, 9.17) is 8.37 Å². The first-order chi connectivity index (χ1) is 10.6. The Morgan fingerprint density at radius 1 is 1.05 bits per heavy atom. The quantitative estimate of drug-likeness (QED) is 0.650. The molecule has 0 N–H and O–H groups in total. The Labute approximate surface area is 131 Å². The molecule has 0 saturated carbocycles. The van der Waals surface area contributed by atoms with Gasteiger partial charge in [0.15, 0.2) is 0 Å². The second-order valence-corrected chi connectivity index (χ2v) is 6.50. The molecule has 0 saturated heterocycles. The average molecular weight is 318 g/mol. The molecule has 0 unspecified atom stereocenters. The Morgan fingerprint density at radius 3 is 2.64 bits per heavy atom. The van der Waals surface area contributed by atoms with Crippen molar-refractivity contribution in [2.45, 2.75) is 26.2 Å². The van der Waals surface area contributed by atoms with Gasteiger partial charge < -0.3 is 4.18 Å². The summed E-state index contributed by atoms with van der Waals surface area (Å²) in [5, 5.41) is 0. The van der Waals surface area contributed by atoms with Crippen molar-refractivity contribution >= 4 is 10.4 Å². The van der Waals surface area contributed by atoms with Crippen LogP contribution in [-0.2, 0) is 21.0 Å². The molecule has 0 spiro atoms. The Hall–Kier alpha value is -1.85. The summed E-state index contributed by atoms with van der Waals surface area (Å²) in [4.78, 5) is 0. The molecular weight excluding hydrogens is 300 g/mol. The molecule has 2 aromatic rings. The Kier molecular flexibility index (Phi) is 4.18. The van der Waals surface area contributed by atoms with Gasteiger partial charge >= 0.3 is 10.4 Å². The molecule has 4 nitrogen and oxygen atoms in total. The summed E-state index contributed by atoms with van der Waals surface area (Å²) in [6.45, 7) is 2.12. The second-order valence-electron chi connectivity index (χ2n) is 5.28. The van der Waals surface area contributed by atoms with Crippen molar-refractivity contribution in [1.29, 1.82) is 0 Å². The van der Waals surface area contributed by atoms with E-state index >= 15 is 0 Å². The fourth-order valence-corrected chi connectivity index (χ4v) is 3.39. The molecule has 0 heterocycles. The number of benzene rings is 2. The number of rotatable bonds is 6. The number of fused-ring (bicyclic) bond motifs is 3. The van der Waals surface area contributed by atoms with Gasteiger partial charge in [-0.2, -0.15) is 8.42 Å². The SMILES string of the molecule is CCCCOS(=O)(=O)Oc1cccc2c1Cc1ccccc1-2. The van der Waals surface area contributed by atoms with Crippen LogP contribution in [0.4, 0.5) is 0 Å². The van der Waals surface area contributed by atoms with Gasteiger partial charge in [-0.3, -0.25) is 0 Å². The molecule has 2 aromatic carbocycles. The van der Waals surface area contributed by atoms with Gasteiger partial charge in [0.2, 0.25) is 0 Å². The minimum atomic E-state index is -4.02. The average Bonchev–Trinajstić information content (AvgIpc) is 2.87. The van der Waals surface area contributed by atoms with E-state index < -0.39 is 10.4 Å². The van der Waals surface area contributed by atoms with Crippen LogP contribution in [0.2, 0.25) is 0 Å². The van der Waals surface area contributed by atoms with Crippen LogP contribution in [0.3, 0.4) is 0 Å². The van der Waals surface area contributed by atoms with Gasteiger partial charge in [-0.1, -0.05) is 49.7 Å². The van der Waals surface area contributed by atoms with Crippen LogP contribution < -0.4 is 4.18 Å². The topological polar surface area (TPSA) is 52.6 Å². The van der Waals surface area contributed by atoms with Gasteiger partial charge in [0.1, 0.15) is 5.75 Å². The van der Waals surface area contributed by atoms with Crippen LogP contribution in [0, 0.1) is 0 Å². The standard InChI is InChI=1S/C17H18O4S/c1-2-3-11-20-22(18,19)21-17-10-6-9-15-14-8-5-4-7-13(14)12-16(15)17/h4-10H,2-3,11-12H2,1H3. The Balaban J connectivity index is 1.86. The second kappa shape index (κ2) is 6.10. The fraction of sp³-hybridized carbons (Fsp3) is 0.294. The molecule has 0 aliphatic heterocycles. The normalized spacial score (nSPS) is 12.8. The predicted molar refractivity (Wildman–Crippen MR) is 85.1 cm³/mol. The van der Waals surface area contributed by atoms with Gasteiger partial charge in [-0.05, 0) is 29.2 Å². The van der Waals surface area contributed by atoms with E-state index in [0.29, 0.717) is 18.6 Å². The van der Waals surface area contributed by atoms with E-state index in [9.17, 15) is 8.42 Å². The minimum absolute atomic E-state index is 0.147. The Bertz CT molecular complexity index is 781. The zero-order valence-electron chi connectivity index (χ0n) is 12.4. The van der Waals surface area contributed by atoms with Crippen molar-refractivity contribution in [1.82, 2.24) is 0 Å². The molecule has 116 valence electrons.